The maximum absolute atomic E-state index is 12.4. The fourth-order valence-corrected chi connectivity index (χ4v) is 4.66. The highest BCUT2D eigenvalue weighted by atomic mass is 32.2. The van der Waals surface area contributed by atoms with E-state index in [-0.39, 0.29) is 30.2 Å². The third kappa shape index (κ3) is 2.97. The lowest BCUT2D eigenvalue weighted by Crippen LogP contribution is -2.63. The Morgan fingerprint density at radius 1 is 1.13 bits per heavy atom. The van der Waals surface area contributed by atoms with E-state index >= 15 is 0 Å². The fourth-order valence-electron chi connectivity index (χ4n) is 3.48. The summed E-state index contributed by atoms with van der Waals surface area (Å²) in [5.74, 6) is -0.218. The van der Waals surface area contributed by atoms with E-state index in [1.807, 2.05) is 4.90 Å². The molecule has 3 fully saturated rings. The molecule has 8 nitrogen and oxygen atoms in total. The summed E-state index contributed by atoms with van der Waals surface area (Å²) in [6, 6.07) is -0.103. The molecule has 0 saturated carbocycles. The number of likely N-dealkylation sites (tertiary alicyclic amines) is 2. The molecule has 0 aromatic heterocycles. The molecule has 3 saturated heterocycles. The van der Waals surface area contributed by atoms with Crippen LogP contribution in [0, 0.1) is 5.92 Å². The van der Waals surface area contributed by atoms with Gasteiger partial charge in [0.05, 0.1) is 12.0 Å². The van der Waals surface area contributed by atoms with Gasteiger partial charge in [0.1, 0.15) is 0 Å². The van der Waals surface area contributed by atoms with E-state index in [4.69, 9.17) is 0 Å². The van der Waals surface area contributed by atoms with Crippen molar-refractivity contribution in [1.82, 2.24) is 18.4 Å². The topological polar surface area (TPSA) is 81.2 Å². The van der Waals surface area contributed by atoms with Gasteiger partial charge in [-0.05, 0) is 12.8 Å². The van der Waals surface area contributed by atoms with Crippen LogP contribution in [0.2, 0.25) is 0 Å². The summed E-state index contributed by atoms with van der Waals surface area (Å²) >= 11 is 0. The monoisotopic (exact) mass is 344 g/mol. The molecule has 1 atom stereocenters. The van der Waals surface area contributed by atoms with Gasteiger partial charge in [0, 0.05) is 53.2 Å². The normalized spacial score (nSPS) is 27.1. The van der Waals surface area contributed by atoms with Gasteiger partial charge in [-0.15, -0.1) is 0 Å². The zero-order chi connectivity index (χ0) is 16.8. The van der Waals surface area contributed by atoms with Crippen molar-refractivity contribution >= 4 is 22.0 Å². The highest BCUT2D eigenvalue weighted by Gasteiger charge is 2.46. The number of nitrogens with zero attached hydrogens (tertiary/aromatic N) is 4. The van der Waals surface area contributed by atoms with E-state index in [1.54, 1.807) is 4.90 Å². The van der Waals surface area contributed by atoms with Crippen LogP contribution in [-0.4, -0.2) is 91.5 Å². The Kier molecular flexibility index (Phi) is 4.37. The Morgan fingerprint density at radius 2 is 1.74 bits per heavy atom. The van der Waals surface area contributed by atoms with Crippen molar-refractivity contribution in [1.29, 1.82) is 0 Å². The van der Waals surface area contributed by atoms with Gasteiger partial charge in [-0.2, -0.15) is 17.0 Å². The first-order valence-corrected chi connectivity index (χ1v) is 9.46. The van der Waals surface area contributed by atoms with Gasteiger partial charge < -0.3 is 9.80 Å². The summed E-state index contributed by atoms with van der Waals surface area (Å²) < 4.78 is 26.5. The SMILES string of the molecule is CN(C)S(=O)(=O)N1CC(N2CC(C(=O)N3CCCC3)CC2=O)C1. The summed E-state index contributed by atoms with van der Waals surface area (Å²) in [4.78, 5) is 28.2. The fraction of sp³-hybridized carbons (Fsp3) is 0.857. The van der Waals surface area contributed by atoms with E-state index in [1.165, 1.54) is 22.7 Å². The lowest BCUT2D eigenvalue weighted by atomic mass is 10.1. The van der Waals surface area contributed by atoms with Crippen LogP contribution < -0.4 is 0 Å². The van der Waals surface area contributed by atoms with Gasteiger partial charge >= 0.3 is 0 Å². The van der Waals surface area contributed by atoms with Gasteiger partial charge in [-0.3, -0.25) is 9.59 Å². The number of hydrogen-bond acceptors (Lipinski definition) is 4. The molecular formula is C14H24N4O4S. The third-order valence-corrected chi connectivity index (χ3v) is 6.86. The maximum Gasteiger partial charge on any atom is 0.281 e. The van der Waals surface area contributed by atoms with Crippen LogP contribution in [0.5, 0.6) is 0 Å². The van der Waals surface area contributed by atoms with Crippen LogP contribution in [0.15, 0.2) is 0 Å². The van der Waals surface area contributed by atoms with E-state index in [9.17, 15) is 18.0 Å². The standard InChI is InChI=1S/C14H24N4O4S/c1-15(2)23(21,22)17-9-12(10-17)18-8-11(7-13(18)19)14(20)16-5-3-4-6-16/h11-12H,3-10H2,1-2H3. The Labute approximate surface area is 137 Å². The van der Waals surface area contributed by atoms with Gasteiger partial charge in [0.2, 0.25) is 11.8 Å². The minimum atomic E-state index is -3.41. The van der Waals surface area contributed by atoms with Crippen molar-refractivity contribution in [2.45, 2.75) is 25.3 Å². The summed E-state index contributed by atoms with van der Waals surface area (Å²) in [5.41, 5.74) is 0. The molecule has 9 heteroatoms. The Morgan fingerprint density at radius 3 is 2.30 bits per heavy atom. The highest BCUT2D eigenvalue weighted by molar-refractivity contribution is 7.86. The number of amides is 2. The number of carbonyl (C=O) groups excluding carboxylic acids is 2. The first-order chi connectivity index (χ1) is 10.8. The second-order valence-corrected chi connectivity index (χ2v) is 8.88. The first kappa shape index (κ1) is 16.7. The van der Waals surface area contributed by atoms with Crippen molar-refractivity contribution in [2.75, 3.05) is 46.8 Å². The number of hydrogen-bond donors (Lipinski definition) is 0. The van der Waals surface area contributed by atoms with E-state index in [2.05, 4.69) is 0 Å². The third-order valence-electron chi connectivity index (χ3n) is 4.98. The van der Waals surface area contributed by atoms with Crippen LogP contribution in [-0.2, 0) is 19.8 Å². The van der Waals surface area contributed by atoms with E-state index < -0.39 is 10.2 Å². The molecule has 0 aromatic rings. The predicted octanol–water partition coefficient (Wildman–Crippen LogP) is -1.05. The molecule has 2 amide bonds. The van der Waals surface area contributed by atoms with Crippen LogP contribution in [0.1, 0.15) is 19.3 Å². The molecule has 0 bridgehead atoms. The molecular weight excluding hydrogens is 320 g/mol. The van der Waals surface area contributed by atoms with E-state index in [0.29, 0.717) is 19.6 Å². The van der Waals surface area contributed by atoms with Gasteiger partial charge in [0.25, 0.3) is 10.2 Å². The molecule has 0 aromatic carbocycles. The highest BCUT2D eigenvalue weighted by Crippen LogP contribution is 2.28. The van der Waals surface area contributed by atoms with Crippen molar-refractivity contribution in [2.24, 2.45) is 5.92 Å². The average molecular weight is 344 g/mol. The van der Waals surface area contributed by atoms with Crippen molar-refractivity contribution < 1.29 is 18.0 Å². The Hall–Kier alpha value is -1.19. The molecule has 23 heavy (non-hydrogen) atoms. The minimum absolute atomic E-state index is 0.0329. The summed E-state index contributed by atoms with van der Waals surface area (Å²) in [6.07, 6.45) is 2.33. The first-order valence-electron chi connectivity index (χ1n) is 8.06. The lowest BCUT2D eigenvalue weighted by Gasteiger charge is -2.43. The van der Waals surface area contributed by atoms with Crippen LogP contribution >= 0.6 is 0 Å². The smallest absolute Gasteiger partial charge is 0.281 e. The predicted molar refractivity (Wildman–Crippen MR) is 83.6 cm³/mol. The zero-order valence-electron chi connectivity index (χ0n) is 13.6. The second kappa shape index (κ2) is 6.03. The summed E-state index contributed by atoms with van der Waals surface area (Å²) in [5, 5.41) is 0. The molecule has 3 aliphatic rings. The molecule has 130 valence electrons. The Bertz CT molecular complexity index is 594. The van der Waals surface area contributed by atoms with Gasteiger partial charge in [-0.25, -0.2) is 0 Å². The molecule has 1 unspecified atom stereocenters. The van der Waals surface area contributed by atoms with Crippen LogP contribution in [0.25, 0.3) is 0 Å². The number of rotatable bonds is 4. The maximum atomic E-state index is 12.4. The van der Waals surface area contributed by atoms with Gasteiger partial charge in [0.15, 0.2) is 0 Å². The second-order valence-electron chi connectivity index (χ2n) is 6.74. The molecule has 3 aliphatic heterocycles. The molecule has 0 aliphatic carbocycles. The molecule has 3 rings (SSSR count). The quantitative estimate of drug-likeness (QED) is 0.652. The zero-order valence-corrected chi connectivity index (χ0v) is 14.5. The number of carbonyl (C=O) groups is 2. The average Bonchev–Trinajstić information content (AvgIpc) is 3.06. The summed E-state index contributed by atoms with van der Waals surface area (Å²) in [7, 11) is -0.421. The molecule has 0 radical (unpaired) electrons. The van der Waals surface area contributed by atoms with Crippen molar-refractivity contribution in [3.05, 3.63) is 0 Å². The van der Waals surface area contributed by atoms with Crippen molar-refractivity contribution in [3.63, 3.8) is 0 Å². The van der Waals surface area contributed by atoms with Crippen LogP contribution in [0.4, 0.5) is 0 Å². The summed E-state index contributed by atoms with van der Waals surface area (Å²) in [6.45, 7) is 2.64. The largest absolute Gasteiger partial charge is 0.342 e. The Balaban J connectivity index is 1.57. The lowest BCUT2D eigenvalue weighted by molar-refractivity contribution is -0.135. The van der Waals surface area contributed by atoms with Crippen molar-refractivity contribution in [3.8, 4) is 0 Å². The van der Waals surface area contributed by atoms with E-state index in [0.717, 1.165) is 25.9 Å². The molecule has 0 N–H and O–H groups in total. The van der Waals surface area contributed by atoms with Gasteiger partial charge in [-0.1, -0.05) is 0 Å². The van der Waals surface area contributed by atoms with Crippen LogP contribution in [0.3, 0.4) is 0 Å². The molecule has 0 spiro atoms. The minimum Gasteiger partial charge on any atom is -0.342 e. The molecule has 3 heterocycles.